The van der Waals surface area contributed by atoms with Crippen LogP contribution in [0, 0.1) is 11.7 Å². The molecule has 0 spiro atoms. The summed E-state index contributed by atoms with van der Waals surface area (Å²) < 4.78 is 22.2. The van der Waals surface area contributed by atoms with Gasteiger partial charge in [-0.25, -0.2) is 0 Å². The van der Waals surface area contributed by atoms with Gasteiger partial charge in [-0.1, -0.05) is 0 Å². The Kier molecular flexibility index (Phi) is 6.47. The molecule has 2 bridgehead atoms. The van der Waals surface area contributed by atoms with Crippen molar-refractivity contribution in [1.29, 1.82) is 0 Å². The molecule has 7 nitrogen and oxygen atoms in total. The van der Waals surface area contributed by atoms with Gasteiger partial charge in [-0.15, -0.1) is 0 Å². The molecule has 1 amide bonds. The van der Waals surface area contributed by atoms with Crippen molar-refractivity contribution in [3.05, 3.63) is 21.4 Å². The van der Waals surface area contributed by atoms with Gasteiger partial charge in [-0.05, 0) is 0 Å². The van der Waals surface area contributed by atoms with Crippen LogP contribution in [0.4, 0.5) is 20.7 Å². The summed E-state index contributed by atoms with van der Waals surface area (Å²) in [7, 11) is 4.14. The van der Waals surface area contributed by atoms with Gasteiger partial charge in [0.1, 0.15) is 0 Å². The van der Waals surface area contributed by atoms with Crippen molar-refractivity contribution in [2.75, 3.05) is 43.9 Å². The Morgan fingerprint density at radius 1 is 1.34 bits per heavy atom. The van der Waals surface area contributed by atoms with Crippen LogP contribution in [-0.4, -0.2) is 95.2 Å². The molecule has 11 heteroatoms. The molecule has 2 aromatic rings. The molecule has 4 fully saturated rings. The van der Waals surface area contributed by atoms with Gasteiger partial charge in [-0.3, -0.25) is 0 Å². The Balaban J connectivity index is 1.49. The molecule has 4 aliphatic rings. The van der Waals surface area contributed by atoms with Crippen LogP contribution in [-0.2, 0) is 4.74 Å². The van der Waals surface area contributed by atoms with Gasteiger partial charge in [0.05, 0.1) is 0 Å². The average molecular weight is 631 g/mol. The molecule has 3 aliphatic heterocycles. The number of benzene rings is 1. The maximum absolute atomic E-state index is 15.4. The minimum absolute atomic E-state index is 0.0475. The Bertz CT molecular complexity index is 1200. The second kappa shape index (κ2) is 8.93. The SMILES string of the molecule is CN(C)C1CN(c2nc3c(F)c(Br)c(Cl)cc3c(NC3C4CC3N(C(=O)OC(C)(C)C)C4)c2[AsH2])C1. The number of halogens is 3. The zero-order valence-corrected chi connectivity index (χ0v) is 25.3. The second-order valence-electron chi connectivity index (χ2n) is 11.0. The summed E-state index contributed by atoms with van der Waals surface area (Å²) in [5, 5.41) is 4.67. The fourth-order valence-electron chi connectivity index (χ4n) is 5.19. The van der Waals surface area contributed by atoms with Crippen LogP contribution in [0.25, 0.3) is 10.9 Å². The Morgan fingerprint density at radius 3 is 2.66 bits per heavy atom. The van der Waals surface area contributed by atoms with Crippen molar-refractivity contribution < 1.29 is 13.9 Å². The Labute approximate surface area is 227 Å². The van der Waals surface area contributed by atoms with E-state index in [1.807, 2.05) is 25.7 Å². The molecule has 0 radical (unpaired) electrons. The molecule has 4 unspecified atom stereocenters. The van der Waals surface area contributed by atoms with Gasteiger partial charge >= 0.3 is 228 Å². The molecular formula is C24H31AsBrClFN5O2. The van der Waals surface area contributed by atoms with E-state index in [9.17, 15) is 4.79 Å². The number of rotatable bonds is 4. The van der Waals surface area contributed by atoms with E-state index < -0.39 is 11.4 Å². The van der Waals surface area contributed by atoms with Crippen LogP contribution in [0.3, 0.4) is 0 Å². The number of likely N-dealkylation sites (N-methyl/N-ethyl adjacent to an activating group) is 1. The first-order valence-electron chi connectivity index (χ1n) is 11.8. The molecule has 1 aliphatic carbocycles. The van der Waals surface area contributed by atoms with Crippen LogP contribution >= 0.6 is 27.5 Å². The van der Waals surface area contributed by atoms with E-state index in [1.54, 1.807) is 6.07 Å². The van der Waals surface area contributed by atoms with E-state index in [0.717, 1.165) is 35.4 Å². The van der Waals surface area contributed by atoms with E-state index in [1.165, 1.54) is 16.9 Å². The Morgan fingerprint density at radius 2 is 2.03 bits per heavy atom. The number of anilines is 2. The quantitative estimate of drug-likeness (QED) is 0.414. The topological polar surface area (TPSA) is 60.9 Å². The van der Waals surface area contributed by atoms with Crippen molar-refractivity contribution in [2.24, 2.45) is 5.92 Å². The average Bonchev–Trinajstić information content (AvgIpc) is 3.30. The maximum atomic E-state index is 15.4. The number of ether oxygens (including phenoxy) is 1. The van der Waals surface area contributed by atoms with Gasteiger partial charge in [0.2, 0.25) is 0 Å². The fourth-order valence-corrected chi connectivity index (χ4v) is 6.70. The summed E-state index contributed by atoms with van der Waals surface area (Å²) in [4.78, 5) is 23.8. The summed E-state index contributed by atoms with van der Waals surface area (Å²) in [6, 6.07) is 2.35. The summed E-state index contributed by atoms with van der Waals surface area (Å²) in [6.45, 7) is 7.99. The van der Waals surface area contributed by atoms with Crippen LogP contribution in [0.2, 0.25) is 5.02 Å². The predicted octanol–water partition coefficient (Wildman–Crippen LogP) is 3.22. The van der Waals surface area contributed by atoms with Crippen LogP contribution in [0.5, 0.6) is 0 Å². The van der Waals surface area contributed by atoms with Crippen molar-refractivity contribution >= 4 is 77.2 Å². The van der Waals surface area contributed by atoms with Gasteiger partial charge in [-0.2, -0.15) is 0 Å². The molecule has 1 aromatic heterocycles. The first-order chi connectivity index (χ1) is 16.4. The standard InChI is InChI=1S/C24H31AsBrClFN5O2/c1-24(2,3)35-23(34)33-8-11-6-15(33)19(11)29-20-13-7-14(27)17(26)18(28)21(13)30-22(16(20)25)32-9-12(10-32)31(4)5/h7,11-12,15,19H,6,8-10,25H2,1-5H3,(H,29,30). The molecule has 6 rings (SSSR count). The number of amides is 1. The number of nitrogens with one attached hydrogen (secondary N) is 1. The molecule has 1 saturated carbocycles. The number of carbonyl (C=O) groups is 1. The second-order valence-corrected chi connectivity index (χ2v) is 13.4. The summed E-state index contributed by atoms with van der Waals surface area (Å²) in [5.41, 5.74) is 0.618. The third-order valence-electron chi connectivity index (χ3n) is 7.26. The molecule has 35 heavy (non-hydrogen) atoms. The molecular weight excluding hydrogens is 600 g/mol. The predicted molar refractivity (Wildman–Crippen MR) is 145 cm³/mol. The molecule has 190 valence electrons. The van der Waals surface area contributed by atoms with E-state index in [2.05, 4.69) is 45.1 Å². The minimum atomic E-state index is -0.536. The van der Waals surface area contributed by atoms with Gasteiger partial charge in [0.25, 0.3) is 0 Å². The van der Waals surface area contributed by atoms with Crippen LogP contribution in [0.15, 0.2) is 10.5 Å². The van der Waals surface area contributed by atoms with E-state index in [0.29, 0.717) is 34.4 Å². The summed E-state index contributed by atoms with van der Waals surface area (Å²) in [6.07, 6.45) is 0.665. The molecule has 4 atom stereocenters. The summed E-state index contributed by atoms with van der Waals surface area (Å²) >= 11 is 11.1. The van der Waals surface area contributed by atoms with Gasteiger partial charge in [0.15, 0.2) is 0 Å². The van der Waals surface area contributed by atoms with E-state index in [4.69, 9.17) is 21.3 Å². The van der Waals surface area contributed by atoms with Crippen molar-refractivity contribution in [3.8, 4) is 0 Å². The summed E-state index contributed by atoms with van der Waals surface area (Å²) in [5.74, 6) is 0.673. The number of hydrogen-bond acceptors (Lipinski definition) is 6. The first kappa shape index (κ1) is 25.4. The van der Waals surface area contributed by atoms with Crippen LogP contribution < -0.4 is 14.6 Å². The van der Waals surface area contributed by atoms with E-state index >= 15 is 4.39 Å². The van der Waals surface area contributed by atoms with Crippen LogP contribution in [0.1, 0.15) is 27.2 Å². The number of carbonyl (C=O) groups excluding carboxylic acids is 1. The number of fused-ring (bicyclic) bond motifs is 2. The zero-order chi connectivity index (χ0) is 25.4. The monoisotopic (exact) mass is 629 g/mol. The number of nitrogens with zero attached hydrogens (tertiary/aromatic N) is 4. The molecule has 3 saturated heterocycles. The zero-order valence-electron chi connectivity index (χ0n) is 20.5. The van der Waals surface area contributed by atoms with Gasteiger partial charge < -0.3 is 0 Å². The normalized spacial score (nSPS) is 24.1. The Hall–Kier alpha value is -1.28. The number of hydrogen-bond donors (Lipinski definition) is 1. The first-order valence-corrected chi connectivity index (χ1v) is 14.2. The van der Waals surface area contributed by atoms with Crippen molar-refractivity contribution in [2.45, 2.75) is 50.9 Å². The van der Waals surface area contributed by atoms with Crippen molar-refractivity contribution in [1.82, 2.24) is 14.8 Å². The third-order valence-corrected chi connectivity index (χ3v) is 9.71. The molecule has 1 aromatic carbocycles. The van der Waals surface area contributed by atoms with E-state index in [-0.39, 0.29) is 22.6 Å². The fraction of sp³-hybridized carbons (Fsp3) is 0.583. The molecule has 4 heterocycles. The number of aromatic nitrogens is 1. The third kappa shape index (κ3) is 4.41. The molecule has 1 N–H and O–H groups in total. The number of pyridine rings is 1. The van der Waals surface area contributed by atoms with Gasteiger partial charge in [0, 0.05) is 0 Å². The van der Waals surface area contributed by atoms with Crippen molar-refractivity contribution in [3.63, 3.8) is 0 Å².